The van der Waals surface area contributed by atoms with Gasteiger partial charge in [-0.25, -0.2) is 4.98 Å². The molecule has 4 fully saturated rings. The van der Waals surface area contributed by atoms with Crippen LogP contribution in [0.1, 0.15) is 38.5 Å². The molecule has 0 unspecified atom stereocenters. The second-order valence-electron chi connectivity index (χ2n) is 6.26. The monoisotopic (exact) mass is 217 g/mol. The Hall–Kier alpha value is -0.990. The number of nitrogens with one attached hydrogen (secondary N) is 2. The van der Waals surface area contributed by atoms with Crippen molar-refractivity contribution in [2.75, 3.05) is 5.32 Å². The summed E-state index contributed by atoms with van der Waals surface area (Å²) >= 11 is 0. The maximum Gasteiger partial charge on any atom is 0.200 e. The zero-order chi connectivity index (χ0) is 10.6. The largest absolute Gasteiger partial charge is 0.350 e. The lowest BCUT2D eigenvalue weighted by Crippen LogP contribution is -2.54. The van der Waals surface area contributed by atoms with Crippen LogP contribution in [0.25, 0.3) is 0 Å². The normalized spacial score (nSPS) is 44.9. The average Bonchev–Trinajstić information content (AvgIpc) is 2.66. The van der Waals surface area contributed by atoms with E-state index in [1.165, 1.54) is 38.5 Å². The van der Waals surface area contributed by atoms with Crippen molar-refractivity contribution in [3.8, 4) is 0 Å². The van der Waals surface area contributed by atoms with Crippen molar-refractivity contribution >= 4 is 5.95 Å². The lowest BCUT2D eigenvalue weighted by molar-refractivity contribution is 0.0104. The van der Waals surface area contributed by atoms with Crippen molar-refractivity contribution in [3.05, 3.63) is 12.4 Å². The Morgan fingerprint density at radius 1 is 1.12 bits per heavy atom. The number of imidazole rings is 1. The molecule has 0 amide bonds. The molecular weight excluding hydrogens is 198 g/mol. The standard InChI is InChI=1S/C13H19N3/c1-2-15-12(14-1)16-13-6-9-3-10(7-13)5-11(4-9)8-13/h1-2,9-11H,3-8H2,(H2,14,15,16). The molecule has 2 N–H and O–H groups in total. The van der Waals surface area contributed by atoms with Gasteiger partial charge in [-0.05, 0) is 56.3 Å². The van der Waals surface area contributed by atoms with E-state index in [0.717, 1.165) is 23.7 Å². The van der Waals surface area contributed by atoms with Crippen molar-refractivity contribution in [1.82, 2.24) is 9.97 Å². The van der Waals surface area contributed by atoms with Gasteiger partial charge in [-0.1, -0.05) is 0 Å². The van der Waals surface area contributed by atoms with Crippen LogP contribution in [0.3, 0.4) is 0 Å². The van der Waals surface area contributed by atoms with Crippen LogP contribution in [0.4, 0.5) is 5.95 Å². The first-order valence-corrected chi connectivity index (χ1v) is 6.59. The highest BCUT2D eigenvalue weighted by Crippen LogP contribution is 2.56. The van der Waals surface area contributed by atoms with Crippen molar-refractivity contribution in [1.29, 1.82) is 0 Å². The van der Waals surface area contributed by atoms with E-state index < -0.39 is 0 Å². The number of aromatic amines is 1. The molecule has 0 saturated heterocycles. The first-order chi connectivity index (χ1) is 7.81. The number of rotatable bonds is 2. The summed E-state index contributed by atoms with van der Waals surface area (Å²) in [6.07, 6.45) is 12.4. The van der Waals surface area contributed by atoms with Crippen molar-refractivity contribution in [3.63, 3.8) is 0 Å². The van der Waals surface area contributed by atoms with Gasteiger partial charge in [0.25, 0.3) is 0 Å². The summed E-state index contributed by atoms with van der Waals surface area (Å²) in [5, 5.41) is 3.70. The van der Waals surface area contributed by atoms with Gasteiger partial charge in [-0.3, -0.25) is 0 Å². The van der Waals surface area contributed by atoms with Crippen LogP contribution in [0.2, 0.25) is 0 Å². The van der Waals surface area contributed by atoms with Gasteiger partial charge < -0.3 is 10.3 Å². The fourth-order valence-electron chi connectivity index (χ4n) is 4.85. The van der Waals surface area contributed by atoms with Crippen LogP contribution >= 0.6 is 0 Å². The molecule has 0 aromatic carbocycles. The Kier molecular flexibility index (Phi) is 1.72. The summed E-state index contributed by atoms with van der Waals surface area (Å²) in [6.45, 7) is 0. The highest BCUT2D eigenvalue weighted by atomic mass is 15.2. The summed E-state index contributed by atoms with van der Waals surface area (Å²) in [5.74, 6) is 3.96. The first kappa shape index (κ1) is 9.08. The molecule has 4 saturated carbocycles. The molecule has 4 aliphatic rings. The van der Waals surface area contributed by atoms with E-state index >= 15 is 0 Å². The lowest BCUT2D eigenvalue weighted by atomic mass is 9.53. The van der Waals surface area contributed by atoms with E-state index in [0.29, 0.717) is 5.54 Å². The third kappa shape index (κ3) is 1.30. The number of anilines is 1. The Bertz CT molecular complexity index is 347. The SMILES string of the molecule is c1c[nH]c(NC23CC4CC(CC(C4)C2)C3)n1. The number of nitrogens with zero attached hydrogens (tertiary/aromatic N) is 1. The fourth-order valence-corrected chi connectivity index (χ4v) is 4.85. The molecule has 0 atom stereocenters. The van der Waals surface area contributed by atoms with E-state index in [1.54, 1.807) is 0 Å². The summed E-state index contributed by atoms with van der Waals surface area (Å²) in [5.41, 5.74) is 0.382. The average molecular weight is 217 g/mol. The van der Waals surface area contributed by atoms with Gasteiger partial charge in [0.1, 0.15) is 0 Å². The molecule has 1 aromatic heterocycles. The van der Waals surface area contributed by atoms with Gasteiger partial charge in [0, 0.05) is 17.9 Å². The molecule has 16 heavy (non-hydrogen) atoms. The summed E-state index contributed by atoms with van der Waals surface area (Å²) in [4.78, 5) is 7.52. The van der Waals surface area contributed by atoms with E-state index in [1.807, 2.05) is 12.4 Å². The number of H-pyrrole nitrogens is 1. The third-order valence-corrected chi connectivity index (χ3v) is 4.92. The van der Waals surface area contributed by atoms with Gasteiger partial charge in [-0.15, -0.1) is 0 Å². The molecule has 1 heterocycles. The Morgan fingerprint density at radius 3 is 2.25 bits per heavy atom. The van der Waals surface area contributed by atoms with E-state index in [2.05, 4.69) is 15.3 Å². The fraction of sp³-hybridized carbons (Fsp3) is 0.769. The van der Waals surface area contributed by atoms with Crippen LogP contribution < -0.4 is 5.32 Å². The van der Waals surface area contributed by atoms with Crippen LogP contribution in [0.5, 0.6) is 0 Å². The second-order valence-corrected chi connectivity index (χ2v) is 6.26. The minimum absolute atomic E-state index is 0.382. The number of aromatic nitrogens is 2. The predicted molar refractivity (Wildman–Crippen MR) is 63.1 cm³/mol. The van der Waals surface area contributed by atoms with Crippen LogP contribution in [-0.2, 0) is 0 Å². The highest BCUT2D eigenvalue weighted by molar-refractivity contribution is 5.31. The van der Waals surface area contributed by atoms with Gasteiger partial charge in [0.2, 0.25) is 5.95 Å². The molecule has 4 bridgehead atoms. The maximum absolute atomic E-state index is 4.33. The Balaban J connectivity index is 1.62. The third-order valence-electron chi connectivity index (χ3n) is 4.92. The minimum Gasteiger partial charge on any atom is -0.350 e. The lowest BCUT2D eigenvalue weighted by Gasteiger charge is -2.56. The van der Waals surface area contributed by atoms with Gasteiger partial charge >= 0.3 is 0 Å². The summed E-state index contributed by atoms with van der Waals surface area (Å²) in [6, 6.07) is 0. The van der Waals surface area contributed by atoms with E-state index in [4.69, 9.17) is 0 Å². The zero-order valence-corrected chi connectivity index (χ0v) is 9.58. The molecule has 1 aromatic rings. The number of hydrogen-bond donors (Lipinski definition) is 2. The highest BCUT2D eigenvalue weighted by Gasteiger charge is 2.51. The molecule has 86 valence electrons. The molecule has 5 rings (SSSR count). The maximum atomic E-state index is 4.33. The molecule has 3 nitrogen and oxygen atoms in total. The van der Waals surface area contributed by atoms with Crippen molar-refractivity contribution < 1.29 is 0 Å². The smallest absolute Gasteiger partial charge is 0.200 e. The molecule has 0 radical (unpaired) electrons. The quantitative estimate of drug-likeness (QED) is 0.799. The van der Waals surface area contributed by atoms with Crippen LogP contribution in [-0.4, -0.2) is 15.5 Å². The number of hydrogen-bond acceptors (Lipinski definition) is 2. The summed E-state index contributed by atoms with van der Waals surface area (Å²) < 4.78 is 0. The van der Waals surface area contributed by atoms with E-state index in [-0.39, 0.29) is 0 Å². The minimum atomic E-state index is 0.382. The Labute approximate surface area is 96.0 Å². The molecule has 0 aliphatic heterocycles. The molecular formula is C13H19N3. The zero-order valence-electron chi connectivity index (χ0n) is 9.58. The molecule has 3 heteroatoms. The first-order valence-electron chi connectivity index (χ1n) is 6.59. The van der Waals surface area contributed by atoms with E-state index in [9.17, 15) is 0 Å². The second kappa shape index (κ2) is 3.02. The van der Waals surface area contributed by atoms with Crippen LogP contribution in [0.15, 0.2) is 12.4 Å². The summed E-state index contributed by atoms with van der Waals surface area (Å²) in [7, 11) is 0. The van der Waals surface area contributed by atoms with Crippen LogP contribution in [0, 0.1) is 17.8 Å². The topological polar surface area (TPSA) is 40.7 Å². The molecule has 0 spiro atoms. The van der Waals surface area contributed by atoms with Gasteiger partial charge in [-0.2, -0.15) is 0 Å². The van der Waals surface area contributed by atoms with Gasteiger partial charge in [0.05, 0.1) is 0 Å². The molecule has 4 aliphatic carbocycles. The predicted octanol–water partition coefficient (Wildman–Crippen LogP) is 2.79. The van der Waals surface area contributed by atoms with Crippen molar-refractivity contribution in [2.45, 2.75) is 44.1 Å². The Morgan fingerprint density at radius 2 is 1.75 bits per heavy atom. The van der Waals surface area contributed by atoms with Gasteiger partial charge in [0.15, 0.2) is 0 Å². The van der Waals surface area contributed by atoms with Crippen molar-refractivity contribution in [2.24, 2.45) is 17.8 Å².